The zero-order valence-corrected chi connectivity index (χ0v) is 14.4. The summed E-state index contributed by atoms with van der Waals surface area (Å²) in [4.78, 5) is 4.49. The van der Waals surface area contributed by atoms with Crippen molar-refractivity contribution in [2.24, 2.45) is 0 Å². The molecular weight excluding hydrogens is 330 g/mol. The SMILES string of the molecule is Cc1nnc(SCCn2ccnc2-c2cc3n(n2)CCNC3)s1. The van der Waals surface area contributed by atoms with Crippen LogP contribution in [0.4, 0.5) is 0 Å². The first kappa shape index (κ1) is 14.9. The van der Waals surface area contributed by atoms with E-state index in [0.29, 0.717) is 0 Å². The molecule has 1 N–H and O–H groups in total. The van der Waals surface area contributed by atoms with Gasteiger partial charge in [-0.05, 0) is 13.0 Å². The Labute approximate surface area is 142 Å². The highest BCUT2D eigenvalue weighted by molar-refractivity contribution is 8.01. The first-order chi connectivity index (χ1) is 11.3. The highest BCUT2D eigenvalue weighted by Crippen LogP contribution is 2.23. The Kier molecular flexibility index (Phi) is 4.15. The van der Waals surface area contributed by atoms with Crippen molar-refractivity contribution in [1.82, 2.24) is 34.8 Å². The number of rotatable bonds is 5. The fourth-order valence-electron chi connectivity index (χ4n) is 2.59. The molecule has 1 aliphatic heterocycles. The van der Waals surface area contributed by atoms with Crippen molar-refractivity contribution in [1.29, 1.82) is 0 Å². The van der Waals surface area contributed by atoms with Crippen LogP contribution in [0.2, 0.25) is 0 Å². The Morgan fingerprint density at radius 2 is 2.35 bits per heavy atom. The molecule has 4 heterocycles. The maximum Gasteiger partial charge on any atom is 0.174 e. The molecule has 0 atom stereocenters. The van der Waals surface area contributed by atoms with E-state index >= 15 is 0 Å². The van der Waals surface area contributed by atoms with Gasteiger partial charge in [-0.2, -0.15) is 5.10 Å². The van der Waals surface area contributed by atoms with Gasteiger partial charge in [-0.3, -0.25) is 4.68 Å². The predicted octanol–water partition coefficient (Wildman–Crippen LogP) is 1.80. The van der Waals surface area contributed by atoms with Gasteiger partial charge in [-0.15, -0.1) is 10.2 Å². The summed E-state index contributed by atoms with van der Waals surface area (Å²) in [5.74, 6) is 1.87. The summed E-state index contributed by atoms with van der Waals surface area (Å²) in [5, 5.41) is 17.3. The molecule has 0 unspecified atom stereocenters. The molecule has 9 heteroatoms. The second kappa shape index (κ2) is 6.42. The standard InChI is InChI=1S/C14H17N7S2/c1-10-17-18-14(23-10)22-7-6-20-4-3-16-13(20)12-8-11-9-15-2-5-21(11)19-12/h3-4,8,15H,2,5-7,9H2,1H3. The molecule has 0 spiro atoms. The number of fused-ring (bicyclic) bond motifs is 1. The van der Waals surface area contributed by atoms with E-state index in [9.17, 15) is 0 Å². The van der Waals surface area contributed by atoms with Gasteiger partial charge in [0, 0.05) is 37.8 Å². The van der Waals surface area contributed by atoms with E-state index in [4.69, 9.17) is 0 Å². The zero-order valence-electron chi connectivity index (χ0n) is 12.8. The molecule has 7 nitrogen and oxygen atoms in total. The Hall–Kier alpha value is -1.71. The number of aryl methyl sites for hydroxylation is 2. The highest BCUT2D eigenvalue weighted by Gasteiger charge is 2.16. The lowest BCUT2D eigenvalue weighted by atomic mass is 10.3. The van der Waals surface area contributed by atoms with Crippen molar-refractivity contribution in [3.8, 4) is 11.5 Å². The number of imidazole rings is 1. The van der Waals surface area contributed by atoms with Crippen LogP contribution in [0.3, 0.4) is 0 Å². The Balaban J connectivity index is 1.46. The van der Waals surface area contributed by atoms with Crippen LogP contribution in [-0.4, -0.2) is 41.8 Å². The Bertz CT molecular complexity index is 780. The van der Waals surface area contributed by atoms with Crippen LogP contribution in [0.1, 0.15) is 10.7 Å². The fraction of sp³-hybridized carbons (Fsp3) is 0.429. The summed E-state index contributed by atoms with van der Waals surface area (Å²) in [6, 6.07) is 2.13. The van der Waals surface area contributed by atoms with Crippen molar-refractivity contribution in [2.45, 2.75) is 30.9 Å². The average molecular weight is 347 g/mol. The van der Waals surface area contributed by atoms with Gasteiger partial charge in [0.25, 0.3) is 0 Å². The molecule has 0 fully saturated rings. The predicted molar refractivity (Wildman–Crippen MR) is 90.5 cm³/mol. The number of nitrogens with one attached hydrogen (secondary N) is 1. The zero-order chi connectivity index (χ0) is 15.6. The molecule has 1 aliphatic rings. The van der Waals surface area contributed by atoms with Gasteiger partial charge in [0.2, 0.25) is 0 Å². The summed E-state index contributed by atoms with van der Waals surface area (Å²) in [6.07, 6.45) is 3.85. The molecule has 0 amide bonds. The topological polar surface area (TPSA) is 73.5 Å². The minimum atomic E-state index is 0.874. The van der Waals surface area contributed by atoms with E-state index in [2.05, 4.69) is 40.9 Å². The van der Waals surface area contributed by atoms with Gasteiger partial charge in [0.1, 0.15) is 10.7 Å². The first-order valence-corrected chi connectivity index (χ1v) is 9.31. The van der Waals surface area contributed by atoms with Crippen molar-refractivity contribution in [3.05, 3.63) is 29.2 Å². The average Bonchev–Trinajstić information content (AvgIpc) is 3.26. The number of aromatic nitrogens is 6. The molecular formula is C14H17N7S2. The van der Waals surface area contributed by atoms with Crippen LogP contribution >= 0.6 is 23.1 Å². The van der Waals surface area contributed by atoms with E-state index in [1.165, 1.54) is 5.69 Å². The van der Waals surface area contributed by atoms with E-state index in [0.717, 1.165) is 52.8 Å². The lowest BCUT2D eigenvalue weighted by molar-refractivity contribution is 0.476. The third-order valence-electron chi connectivity index (χ3n) is 3.68. The van der Waals surface area contributed by atoms with Crippen LogP contribution in [-0.2, 0) is 19.6 Å². The molecule has 23 heavy (non-hydrogen) atoms. The minimum absolute atomic E-state index is 0.874. The number of hydrogen-bond acceptors (Lipinski definition) is 7. The third kappa shape index (κ3) is 3.17. The van der Waals surface area contributed by atoms with Crippen LogP contribution in [0, 0.1) is 6.92 Å². The summed E-state index contributed by atoms with van der Waals surface area (Å²) in [7, 11) is 0. The number of thioether (sulfide) groups is 1. The molecule has 120 valence electrons. The lowest BCUT2D eigenvalue weighted by Gasteiger charge is -2.13. The lowest BCUT2D eigenvalue weighted by Crippen LogP contribution is -2.28. The molecule has 0 saturated carbocycles. The van der Waals surface area contributed by atoms with Crippen LogP contribution < -0.4 is 5.32 Å². The summed E-state index contributed by atoms with van der Waals surface area (Å²) < 4.78 is 5.25. The Morgan fingerprint density at radius 3 is 3.17 bits per heavy atom. The monoisotopic (exact) mass is 347 g/mol. The highest BCUT2D eigenvalue weighted by atomic mass is 32.2. The quantitative estimate of drug-likeness (QED) is 0.710. The van der Waals surface area contributed by atoms with Crippen molar-refractivity contribution in [2.75, 3.05) is 12.3 Å². The Morgan fingerprint density at radius 1 is 1.39 bits per heavy atom. The second-order valence-corrected chi connectivity index (χ2v) is 7.82. The van der Waals surface area contributed by atoms with Gasteiger partial charge in [-0.1, -0.05) is 23.1 Å². The normalized spacial score (nSPS) is 14.1. The number of nitrogens with zero attached hydrogens (tertiary/aromatic N) is 6. The maximum atomic E-state index is 4.69. The summed E-state index contributed by atoms with van der Waals surface area (Å²) in [5.41, 5.74) is 2.17. The fourth-order valence-corrected chi connectivity index (χ4v) is 4.42. The molecule has 0 radical (unpaired) electrons. The van der Waals surface area contributed by atoms with E-state index in [1.54, 1.807) is 23.1 Å². The van der Waals surface area contributed by atoms with Crippen molar-refractivity contribution >= 4 is 23.1 Å². The molecule has 0 saturated heterocycles. The second-order valence-electron chi connectivity index (χ2n) is 5.30. The molecule has 4 rings (SSSR count). The van der Waals surface area contributed by atoms with Crippen molar-refractivity contribution in [3.63, 3.8) is 0 Å². The molecule has 3 aromatic heterocycles. The van der Waals surface area contributed by atoms with Crippen LogP contribution in [0.25, 0.3) is 11.5 Å². The molecule has 0 aromatic carbocycles. The van der Waals surface area contributed by atoms with Crippen LogP contribution in [0.15, 0.2) is 22.8 Å². The number of hydrogen-bond donors (Lipinski definition) is 1. The van der Waals surface area contributed by atoms with E-state index in [1.807, 2.05) is 19.3 Å². The molecule has 3 aromatic rings. The third-order valence-corrected chi connectivity index (χ3v) is 5.63. The van der Waals surface area contributed by atoms with Gasteiger partial charge < -0.3 is 9.88 Å². The maximum absolute atomic E-state index is 4.69. The van der Waals surface area contributed by atoms with Gasteiger partial charge >= 0.3 is 0 Å². The van der Waals surface area contributed by atoms with Gasteiger partial charge in [-0.25, -0.2) is 4.98 Å². The smallest absolute Gasteiger partial charge is 0.174 e. The van der Waals surface area contributed by atoms with Gasteiger partial charge in [0.15, 0.2) is 10.2 Å². The van der Waals surface area contributed by atoms with E-state index in [-0.39, 0.29) is 0 Å². The molecule has 0 bridgehead atoms. The largest absolute Gasteiger partial charge is 0.329 e. The van der Waals surface area contributed by atoms with Crippen LogP contribution in [0.5, 0.6) is 0 Å². The molecule has 0 aliphatic carbocycles. The van der Waals surface area contributed by atoms with Gasteiger partial charge in [0.05, 0.1) is 12.2 Å². The van der Waals surface area contributed by atoms with E-state index < -0.39 is 0 Å². The van der Waals surface area contributed by atoms with Crippen molar-refractivity contribution < 1.29 is 0 Å². The summed E-state index contributed by atoms with van der Waals surface area (Å²) in [6.45, 7) is 5.62. The minimum Gasteiger partial charge on any atom is -0.329 e. The summed E-state index contributed by atoms with van der Waals surface area (Å²) >= 11 is 3.37. The first-order valence-electron chi connectivity index (χ1n) is 7.51.